The van der Waals surface area contributed by atoms with Crippen LogP contribution in [-0.4, -0.2) is 29.4 Å². The first-order valence-corrected chi connectivity index (χ1v) is 8.55. The quantitative estimate of drug-likeness (QED) is 0.577. The number of rotatable bonds is 4. The molecule has 2 aromatic rings. The van der Waals surface area contributed by atoms with Gasteiger partial charge in [-0.2, -0.15) is 13.2 Å². The summed E-state index contributed by atoms with van der Waals surface area (Å²) in [5, 5.41) is 13.8. The molecule has 0 atom stereocenters. The van der Waals surface area contributed by atoms with Crippen LogP contribution in [0.2, 0.25) is 5.02 Å². The molecule has 13 heteroatoms. The highest BCUT2D eigenvalue weighted by molar-refractivity contribution is 7.90. The van der Waals surface area contributed by atoms with Crippen LogP contribution in [0.4, 0.5) is 18.9 Å². The summed E-state index contributed by atoms with van der Waals surface area (Å²) in [5.41, 5.74) is -2.67. The molecule has 1 aromatic heterocycles. The monoisotopic (exact) mass is 399 g/mol. The molecule has 0 amide bonds. The van der Waals surface area contributed by atoms with Gasteiger partial charge in [0, 0.05) is 13.3 Å². The van der Waals surface area contributed by atoms with Crippen molar-refractivity contribution in [3.05, 3.63) is 38.9 Å². The Morgan fingerprint density at radius 3 is 2.40 bits per heavy atom. The minimum absolute atomic E-state index is 0.361. The average molecular weight is 400 g/mol. The molecule has 25 heavy (non-hydrogen) atoms. The zero-order chi connectivity index (χ0) is 19.2. The van der Waals surface area contributed by atoms with E-state index in [1.165, 1.54) is 7.05 Å². The van der Waals surface area contributed by atoms with Gasteiger partial charge in [0.05, 0.1) is 11.0 Å². The second-order valence-corrected chi connectivity index (χ2v) is 7.16. The molecule has 0 spiro atoms. The Kier molecular flexibility index (Phi) is 4.70. The predicted octanol–water partition coefficient (Wildman–Crippen LogP) is 3.20. The summed E-state index contributed by atoms with van der Waals surface area (Å²) in [6.45, 7) is 0. The maximum atomic E-state index is 12.8. The Balaban J connectivity index is 2.50. The van der Waals surface area contributed by atoms with Crippen LogP contribution in [0.3, 0.4) is 0 Å². The molecule has 0 bridgehead atoms. The smallest absolute Gasteiger partial charge is 0.423 e. The largest absolute Gasteiger partial charge is 0.436 e. The third kappa shape index (κ3) is 3.85. The number of hydrogen-bond acceptors (Lipinski definition) is 6. The first-order chi connectivity index (χ1) is 11.3. The number of halogens is 4. The zero-order valence-corrected chi connectivity index (χ0v) is 14.1. The molecule has 0 unspecified atom stereocenters. The topological polar surface area (TPSA) is 104 Å². The van der Waals surface area contributed by atoms with Crippen molar-refractivity contribution >= 4 is 27.1 Å². The van der Waals surface area contributed by atoms with E-state index in [-0.39, 0.29) is 10.8 Å². The van der Waals surface area contributed by atoms with Gasteiger partial charge in [0.15, 0.2) is 14.9 Å². The predicted molar refractivity (Wildman–Crippen MR) is 79.5 cm³/mol. The van der Waals surface area contributed by atoms with E-state index < -0.39 is 43.1 Å². The Morgan fingerprint density at radius 1 is 1.36 bits per heavy atom. The van der Waals surface area contributed by atoms with E-state index in [0.717, 1.165) is 17.0 Å². The minimum Gasteiger partial charge on any atom is -0.436 e. The number of ether oxygens (including phenoxy) is 1. The molecule has 136 valence electrons. The van der Waals surface area contributed by atoms with Gasteiger partial charge in [-0.25, -0.2) is 8.42 Å². The van der Waals surface area contributed by atoms with Gasteiger partial charge in [-0.3, -0.25) is 14.8 Å². The highest BCUT2D eigenvalue weighted by Gasteiger charge is 2.38. The van der Waals surface area contributed by atoms with Crippen LogP contribution >= 0.6 is 11.6 Å². The van der Waals surface area contributed by atoms with Gasteiger partial charge >= 0.3 is 6.18 Å². The van der Waals surface area contributed by atoms with Gasteiger partial charge in [-0.1, -0.05) is 11.6 Å². The zero-order valence-electron chi connectivity index (χ0n) is 12.5. The molecule has 1 heterocycles. The summed E-state index contributed by atoms with van der Waals surface area (Å²) in [6.07, 6.45) is -4.05. The lowest BCUT2D eigenvalue weighted by atomic mass is 10.1. The number of nitro benzene ring substituents is 1. The Bertz CT molecular complexity index is 956. The second-order valence-electron chi connectivity index (χ2n) is 4.86. The molecule has 0 aliphatic heterocycles. The van der Waals surface area contributed by atoms with Gasteiger partial charge in [0.2, 0.25) is 0 Å². The van der Waals surface area contributed by atoms with Crippen molar-refractivity contribution in [2.75, 3.05) is 6.26 Å². The van der Waals surface area contributed by atoms with Crippen LogP contribution in [0.1, 0.15) is 5.56 Å². The standard InChI is InChI=1S/C12H9ClF3N3O5S/c1-18-11(25(2,22)23)9(13)10(17-18)24-6-3-4-7(12(14,15)16)8(5-6)19(20)21/h3-5H,1-2H3. The lowest BCUT2D eigenvalue weighted by Crippen LogP contribution is -2.08. The van der Waals surface area contributed by atoms with Crippen LogP contribution in [-0.2, 0) is 23.1 Å². The summed E-state index contributed by atoms with van der Waals surface area (Å²) in [6, 6.07) is 1.86. The van der Waals surface area contributed by atoms with E-state index in [1.54, 1.807) is 0 Å². The number of sulfone groups is 1. The molecule has 0 N–H and O–H groups in total. The van der Waals surface area contributed by atoms with E-state index >= 15 is 0 Å². The fourth-order valence-electron chi connectivity index (χ4n) is 2.00. The summed E-state index contributed by atoms with van der Waals surface area (Å²) >= 11 is 5.87. The van der Waals surface area contributed by atoms with Crippen LogP contribution in [0.25, 0.3) is 0 Å². The van der Waals surface area contributed by atoms with Crippen LogP contribution in [0, 0.1) is 10.1 Å². The van der Waals surface area contributed by atoms with Gasteiger partial charge in [-0.15, -0.1) is 5.10 Å². The Morgan fingerprint density at radius 2 is 1.96 bits per heavy atom. The third-order valence-corrected chi connectivity index (χ3v) is 4.57. The van der Waals surface area contributed by atoms with Crippen LogP contribution < -0.4 is 4.74 Å². The van der Waals surface area contributed by atoms with Gasteiger partial charge in [0.25, 0.3) is 11.6 Å². The summed E-state index contributed by atoms with van der Waals surface area (Å²) in [4.78, 5) is 9.64. The van der Waals surface area contributed by atoms with E-state index in [4.69, 9.17) is 16.3 Å². The number of alkyl halides is 3. The molecular formula is C12H9ClF3N3O5S. The number of aromatic nitrogens is 2. The highest BCUT2D eigenvalue weighted by atomic mass is 35.5. The fraction of sp³-hybridized carbons (Fsp3) is 0.250. The lowest BCUT2D eigenvalue weighted by molar-refractivity contribution is -0.388. The fourth-order valence-corrected chi connectivity index (χ4v) is 3.56. The number of nitro groups is 1. The van der Waals surface area contributed by atoms with Crippen molar-refractivity contribution in [3.8, 4) is 11.6 Å². The van der Waals surface area contributed by atoms with Crippen molar-refractivity contribution < 1.29 is 31.2 Å². The average Bonchev–Trinajstić information content (AvgIpc) is 2.71. The first kappa shape index (κ1) is 19.0. The molecule has 0 radical (unpaired) electrons. The van der Waals surface area contributed by atoms with Gasteiger partial charge < -0.3 is 4.74 Å². The number of hydrogen-bond donors (Lipinski definition) is 0. The maximum absolute atomic E-state index is 12.8. The number of aryl methyl sites for hydroxylation is 1. The third-order valence-electron chi connectivity index (χ3n) is 2.95. The van der Waals surface area contributed by atoms with Crippen molar-refractivity contribution in [1.29, 1.82) is 0 Å². The molecule has 0 aliphatic rings. The van der Waals surface area contributed by atoms with E-state index in [1.807, 2.05) is 0 Å². The Hall–Kier alpha value is -2.34. The Labute approximate surface area is 143 Å². The lowest BCUT2D eigenvalue weighted by Gasteiger charge is -2.09. The van der Waals surface area contributed by atoms with E-state index in [2.05, 4.69) is 5.10 Å². The van der Waals surface area contributed by atoms with Crippen molar-refractivity contribution in [2.45, 2.75) is 11.2 Å². The first-order valence-electron chi connectivity index (χ1n) is 6.28. The summed E-state index contributed by atoms with van der Waals surface area (Å²) in [5.74, 6) is -0.779. The molecular weight excluding hydrogens is 391 g/mol. The number of nitrogens with zero attached hydrogens (tertiary/aromatic N) is 3. The van der Waals surface area contributed by atoms with Crippen LogP contribution in [0.5, 0.6) is 11.6 Å². The SMILES string of the molecule is Cn1nc(Oc2ccc(C(F)(F)F)c([N+](=O)[O-])c2)c(Cl)c1S(C)(=O)=O. The van der Waals surface area contributed by atoms with Crippen molar-refractivity contribution in [2.24, 2.45) is 7.05 Å². The van der Waals surface area contributed by atoms with E-state index in [9.17, 15) is 31.7 Å². The molecule has 1 aromatic carbocycles. The molecule has 2 rings (SSSR count). The number of benzene rings is 1. The molecule has 0 aliphatic carbocycles. The van der Waals surface area contributed by atoms with Crippen molar-refractivity contribution in [1.82, 2.24) is 9.78 Å². The highest BCUT2D eigenvalue weighted by Crippen LogP contribution is 2.40. The molecule has 8 nitrogen and oxygen atoms in total. The van der Waals surface area contributed by atoms with E-state index in [0.29, 0.717) is 12.1 Å². The minimum atomic E-state index is -4.92. The summed E-state index contributed by atoms with van der Waals surface area (Å²) in [7, 11) is -2.48. The second kappa shape index (κ2) is 6.19. The molecule has 0 fully saturated rings. The maximum Gasteiger partial charge on any atom is 0.423 e. The molecule has 0 saturated heterocycles. The van der Waals surface area contributed by atoms with Gasteiger partial charge in [-0.05, 0) is 12.1 Å². The summed E-state index contributed by atoms with van der Waals surface area (Å²) < 4.78 is 67.6. The van der Waals surface area contributed by atoms with Crippen molar-refractivity contribution in [3.63, 3.8) is 0 Å². The molecule has 0 saturated carbocycles. The normalized spacial score (nSPS) is 12.2. The van der Waals surface area contributed by atoms with Crippen LogP contribution in [0.15, 0.2) is 23.2 Å². The van der Waals surface area contributed by atoms with Gasteiger partial charge in [0.1, 0.15) is 16.3 Å².